The molecule has 0 aromatic rings. The average molecular weight is 1510 g/mol. The molecule has 0 aliphatic heterocycles. The number of carbonyl (C=O) groups excluding carboxylic acids is 3. The van der Waals surface area contributed by atoms with E-state index in [1.165, 1.54) is 44.9 Å². The maximum Gasteiger partial charge on any atom is 0.472 e. The molecule has 0 aliphatic rings. The average Bonchev–Trinajstić information content (AvgIpc) is 0.963. The number of aliphatic hydroxyl groups excluding tert-OH is 2. The number of esters is 3. The molecule has 4 N–H and O–H groups in total. The monoisotopic (exact) mass is 1510 g/mol. The van der Waals surface area contributed by atoms with Gasteiger partial charge in [-0.1, -0.05) is 300 Å². The number of phosphoric acid groups is 2. The summed E-state index contributed by atoms with van der Waals surface area (Å²) in [7, 11) is -9.82. The van der Waals surface area contributed by atoms with Crippen molar-refractivity contribution in [2.75, 3.05) is 39.6 Å². The van der Waals surface area contributed by atoms with Crippen LogP contribution in [0.25, 0.3) is 0 Å². The fourth-order valence-electron chi connectivity index (χ4n) is 10.3. The number of rotatable bonds is 75. The van der Waals surface area contributed by atoms with E-state index in [1.54, 1.807) is 0 Å². The molecule has 0 saturated carbocycles. The first-order chi connectivity index (χ1) is 51.2. The lowest BCUT2D eigenvalue weighted by molar-refractivity contribution is -0.161. The van der Waals surface area contributed by atoms with Crippen molar-refractivity contribution in [3.05, 3.63) is 170 Å². The summed E-state index contributed by atoms with van der Waals surface area (Å²) >= 11 is 0. The van der Waals surface area contributed by atoms with Crippen LogP contribution >= 0.6 is 15.6 Å². The van der Waals surface area contributed by atoms with Gasteiger partial charge in [0.1, 0.15) is 25.4 Å². The van der Waals surface area contributed by atoms with Crippen molar-refractivity contribution < 1.29 is 75.8 Å². The quantitative estimate of drug-likeness (QED) is 0.0146. The Morgan fingerprint density at radius 2 is 0.505 bits per heavy atom. The molecule has 0 aromatic carbocycles. The Balaban J connectivity index is 4.72. The molecule has 0 spiro atoms. The van der Waals surface area contributed by atoms with Gasteiger partial charge in [0.2, 0.25) is 0 Å². The highest BCUT2D eigenvalue weighted by atomic mass is 31.2. The topological polar surface area (TPSA) is 231 Å². The van der Waals surface area contributed by atoms with Gasteiger partial charge < -0.3 is 34.2 Å². The molecular weight excluding hydrogens is 1360 g/mol. The van der Waals surface area contributed by atoms with E-state index in [0.717, 1.165) is 199 Å². The number of ether oxygens (including phenoxy) is 3. The molecule has 0 heterocycles. The Morgan fingerprint density at radius 3 is 0.800 bits per heavy atom. The lowest BCUT2D eigenvalue weighted by atomic mass is 10.1. The van der Waals surface area contributed by atoms with Gasteiger partial charge in [0, 0.05) is 19.3 Å². The standard InChI is InChI=1S/C87H144O16P2/c1-4-7-10-13-16-19-22-25-28-31-34-37-39-40-42-45-46-49-52-55-58-61-64-67-70-73-85(90)97-76-82(88)77-99-104(93,94)100-78-83(89)79-101-105(95,96)102-81-84(103-87(92)75-72-69-66-63-60-57-54-51-48-43-36-33-30-27-24-21-18-15-12-9-6-3)80-98-86(91)74-71-68-65-62-59-56-53-50-47-44-41-38-35-32-29-26-23-20-17-14-11-8-5-2/h7-8,10-11,16-21,25-30,34-38,40,42-44,47,51,54,82-84,88-89H,4-6,9,12-15,22-24,31-33,39,41,45-46,48-50,52-53,55-81H2,1-3H3,(H,93,94)(H,95,96)/b10-7-,11-8-,19-16-,20-17-,21-18-,28-25-,29-26-,30-27-,37-34-,38-35-,42-40-,43-36-,47-44-,54-51-. The number of aliphatic hydroxyl groups is 2. The molecular formula is C87H144O16P2. The number of phosphoric ester groups is 2. The minimum atomic E-state index is -4.95. The van der Waals surface area contributed by atoms with Crippen molar-refractivity contribution >= 4 is 33.6 Å². The van der Waals surface area contributed by atoms with Gasteiger partial charge in [0.25, 0.3) is 0 Å². The molecule has 0 aromatic heterocycles. The van der Waals surface area contributed by atoms with Gasteiger partial charge in [0.05, 0.1) is 26.4 Å². The summed E-state index contributed by atoms with van der Waals surface area (Å²) in [5.74, 6) is -1.62. The molecule has 0 amide bonds. The summed E-state index contributed by atoms with van der Waals surface area (Å²) < 4.78 is 61.2. The van der Waals surface area contributed by atoms with Crippen LogP contribution in [0.3, 0.4) is 0 Å². The van der Waals surface area contributed by atoms with Crippen molar-refractivity contribution in [2.45, 2.75) is 322 Å². The first kappa shape index (κ1) is 99.9. The smallest absolute Gasteiger partial charge is 0.463 e. The zero-order valence-electron chi connectivity index (χ0n) is 65.3. The molecule has 105 heavy (non-hydrogen) atoms. The Labute approximate surface area is 637 Å². The maximum atomic E-state index is 13.0. The Morgan fingerprint density at radius 1 is 0.276 bits per heavy atom. The summed E-state index contributed by atoms with van der Waals surface area (Å²) in [6, 6.07) is 0. The Kier molecular flexibility index (Phi) is 74.7. The van der Waals surface area contributed by atoms with E-state index in [2.05, 4.69) is 191 Å². The van der Waals surface area contributed by atoms with Crippen molar-refractivity contribution in [1.29, 1.82) is 0 Å². The highest BCUT2D eigenvalue weighted by Crippen LogP contribution is 2.45. The molecule has 598 valence electrons. The molecule has 0 radical (unpaired) electrons. The van der Waals surface area contributed by atoms with Gasteiger partial charge in [-0.3, -0.25) is 32.5 Å². The molecule has 5 unspecified atom stereocenters. The molecule has 0 aliphatic carbocycles. The van der Waals surface area contributed by atoms with Gasteiger partial charge in [-0.2, -0.15) is 0 Å². The van der Waals surface area contributed by atoms with Crippen LogP contribution in [0.15, 0.2) is 170 Å². The number of allylic oxidation sites excluding steroid dienone is 28. The SMILES string of the molecule is CC/C=C\C/C=C\C/C=C\C/C=C\C/C=C\CCCCCCCCCCCC(=O)OCC(O)COP(=O)(O)OCC(O)COP(=O)(O)OCC(COC(=O)CCCCCCCCC/C=C\C/C=C\C/C=C\C/C=C\C/C=C\CC)OC(=O)CCCCCCC/C=C\C/C=C\C/C=C\C/C=C\CCCCC. The van der Waals surface area contributed by atoms with Gasteiger partial charge in [-0.15, -0.1) is 0 Å². The van der Waals surface area contributed by atoms with E-state index in [4.69, 9.17) is 32.3 Å². The number of hydrogen-bond acceptors (Lipinski definition) is 14. The molecule has 0 bridgehead atoms. The summed E-state index contributed by atoms with van der Waals surface area (Å²) in [6.07, 6.45) is 99.5. The molecule has 0 rings (SSSR count). The lowest BCUT2D eigenvalue weighted by Crippen LogP contribution is -2.30. The van der Waals surface area contributed by atoms with Gasteiger partial charge in [-0.25, -0.2) is 9.13 Å². The molecule has 16 nitrogen and oxygen atoms in total. The lowest BCUT2D eigenvalue weighted by Gasteiger charge is -2.21. The zero-order valence-corrected chi connectivity index (χ0v) is 67.1. The molecule has 5 atom stereocenters. The number of hydrogen-bond donors (Lipinski definition) is 4. The van der Waals surface area contributed by atoms with Crippen LogP contribution in [0.4, 0.5) is 0 Å². The van der Waals surface area contributed by atoms with Crippen LogP contribution in [0.2, 0.25) is 0 Å². The first-order valence-corrected chi connectivity index (χ1v) is 43.4. The van der Waals surface area contributed by atoms with Gasteiger partial charge in [0.15, 0.2) is 6.10 Å². The fourth-order valence-corrected chi connectivity index (χ4v) is 11.9. The second kappa shape index (κ2) is 78.5. The summed E-state index contributed by atoms with van der Waals surface area (Å²) in [6.45, 7) is 2.38. The van der Waals surface area contributed by atoms with Crippen molar-refractivity contribution in [2.24, 2.45) is 0 Å². The van der Waals surface area contributed by atoms with Gasteiger partial charge >= 0.3 is 33.6 Å². The summed E-state index contributed by atoms with van der Waals surface area (Å²) in [5.41, 5.74) is 0. The van der Waals surface area contributed by atoms with Gasteiger partial charge in [-0.05, 0) is 154 Å². The van der Waals surface area contributed by atoms with Crippen LogP contribution in [0.5, 0.6) is 0 Å². The largest absolute Gasteiger partial charge is 0.472 e. The molecule has 18 heteroatoms. The normalized spacial score (nSPS) is 14.8. The van der Waals surface area contributed by atoms with Crippen LogP contribution in [0.1, 0.15) is 303 Å². The Hall–Kier alpha value is -5.09. The molecule has 0 saturated heterocycles. The van der Waals surface area contributed by atoms with E-state index >= 15 is 0 Å². The predicted octanol–water partition coefficient (Wildman–Crippen LogP) is 24.0. The fraction of sp³-hybridized carbons (Fsp3) is 0.644. The highest BCUT2D eigenvalue weighted by molar-refractivity contribution is 7.47. The summed E-state index contributed by atoms with van der Waals surface area (Å²) in [4.78, 5) is 58.8. The van der Waals surface area contributed by atoms with Crippen molar-refractivity contribution in [1.82, 2.24) is 0 Å². The Bertz CT molecular complexity index is 2590. The van der Waals surface area contributed by atoms with Crippen LogP contribution < -0.4 is 0 Å². The third-order valence-electron chi connectivity index (χ3n) is 16.4. The zero-order chi connectivity index (χ0) is 76.6. The van der Waals surface area contributed by atoms with Crippen molar-refractivity contribution in [3.8, 4) is 0 Å². The van der Waals surface area contributed by atoms with E-state index in [1.807, 2.05) is 0 Å². The minimum Gasteiger partial charge on any atom is -0.463 e. The first-order valence-electron chi connectivity index (χ1n) is 40.4. The van der Waals surface area contributed by atoms with E-state index in [9.17, 15) is 43.5 Å². The van der Waals surface area contributed by atoms with Crippen LogP contribution in [-0.4, -0.2) is 95.9 Å². The maximum absolute atomic E-state index is 13.0. The second-order valence-corrected chi connectivity index (χ2v) is 29.4. The minimum absolute atomic E-state index is 0.0748. The highest BCUT2D eigenvalue weighted by Gasteiger charge is 2.29. The van der Waals surface area contributed by atoms with Crippen molar-refractivity contribution in [3.63, 3.8) is 0 Å². The second-order valence-electron chi connectivity index (χ2n) is 26.5. The predicted molar refractivity (Wildman–Crippen MR) is 435 cm³/mol. The van der Waals surface area contributed by atoms with E-state index < -0.39 is 91.5 Å². The van der Waals surface area contributed by atoms with Crippen LogP contribution in [0, 0.1) is 0 Å². The summed E-state index contributed by atoms with van der Waals surface area (Å²) in [5, 5.41) is 20.7. The molecule has 0 fully saturated rings. The number of carbonyl (C=O) groups is 3. The third kappa shape index (κ3) is 79.8. The number of unbranched alkanes of at least 4 members (excludes halogenated alkanes) is 24. The van der Waals surface area contributed by atoms with Crippen LogP contribution in [-0.2, 0) is 55.8 Å². The van der Waals surface area contributed by atoms with E-state index in [0.29, 0.717) is 19.3 Å². The van der Waals surface area contributed by atoms with E-state index in [-0.39, 0.29) is 19.3 Å². The third-order valence-corrected chi connectivity index (χ3v) is 18.3.